The van der Waals surface area contributed by atoms with E-state index >= 15 is 0 Å². The fourth-order valence-electron chi connectivity index (χ4n) is 1.60. The predicted molar refractivity (Wildman–Crippen MR) is 81.0 cm³/mol. The molecule has 0 radical (unpaired) electrons. The summed E-state index contributed by atoms with van der Waals surface area (Å²) in [7, 11) is -2.80. The average molecular weight is 382 g/mol. The molecular weight excluding hydrogens is 365 g/mol. The highest BCUT2D eigenvalue weighted by Gasteiger charge is 2.28. The number of esters is 1. The molecule has 140 valence electrons. The molecule has 7 nitrogen and oxygen atoms in total. The van der Waals surface area contributed by atoms with Crippen LogP contribution in [-0.4, -0.2) is 57.5 Å². The zero-order valence-electron chi connectivity index (χ0n) is 13.5. The van der Waals surface area contributed by atoms with E-state index in [1.165, 1.54) is 17.4 Å². The number of carbonyl (C=O) groups is 2. The number of rotatable bonds is 7. The molecule has 1 N–H and O–H groups in total. The van der Waals surface area contributed by atoms with Crippen LogP contribution in [0.5, 0.6) is 0 Å². The second-order valence-corrected chi connectivity index (χ2v) is 7.17. The highest BCUT2D eigenvalue weighted by atomic mass is 32.2. The molecule has 0 unspecified atom stereocenters. The Hall–Kier alpha value is -2.14. The van der Waals surface area contributed by atoms with Gasteiger partial charge in [0, 0.05) is 7.05 Å². The van der Waals surface area contributed by atoms with Crippen LogP contribution < -0.4 is 5.32 Å². The van der Waals surface area contributed by atoms with Crippen LogP contribution >= 0.6 is 0 Å². The number of nitrogens with one attached hydrogen (secondary N) is 1. The van der Waals surface area contributed by atoms with Gasteiger partial charge in [-0.05, 0) is 19.1 Å². The molecule has 25 heavy (non-hydrogen) atoms. The number of alkyl halides is 3. The number of likely N-dealkylation sites (N-methyl/N-ethyl adjacent to an activating group) is 1. The van der Waals surface area contributed by atoms with Gasteiger partial charge in [0.2, 0.25) is 10.0 Å². The van der Waals surface area contributed by atoms with Gasteiger partial charge < -0.3 is 10.1 Å². The van der Waals surface area contributed by atoms with Crippen LogP contribution in [0, 0.1) is 6.92 Å². The number of hydrogen-bond donors (Lipinski definition) is 1. The number of hydrogen-bond acceptors (Lipinski definition) is 5. The summed E-state index contributed by atoms with van der Waals surface area (Å²) >= 11 is 0. The van der Waals surface area contributed by atoms with Crippen molar-refractivity contribution in [1.29, 1.82) is 0 Å². The van der Waals surface area contributed by atoms with Gasteiger partial charge in [0.25, 0.3) is 5.91 Å². The summed E-state index contributed by atoms with van der Waals surface area (Å²) in [4.78, 5) is 22.6. The second-order valence-electron chi connectivity index (χ2n) is 5.13. The lowest BCUT2D eigenvalue weighted by Crippen LogP contribution is -2.38. The average Bonchev–Trinajstić information content (AvgIpc) is 2.50. The van der Waals surface area contributed by atoms with Crippen LogP contribution in [-0.2, 0) is 24.3 Å². The summed E-state index contributed by atoms with van der Waals surface area (Å²) in [5, 5.41) is 1.52. The molecule has 0 spiro atoms. The van der Waals surface area contributed by atoms with E-state index in [0.717, 1.165) is 12.6 Å². The number of aryl methyl sites for hydroxylation is 1. The first-order chi connectivity index (χ1) is 11.4. The molecular formula is C14H17F3N2O5S. The Morgan fingerprint density at radius 3 is 2.28 bits per heavy atom. The molecule has 0 bridgehead atoms. The van der Waals surface area contributed by atoms with E-state index in [1.54, 1.807) is 19.1 Å². The summed E-state index contributed by atoms with van der Waals surface area (Å²) in [6.45, 7) is -1.40. The lowest BCUT2D eigenvalue weighted by atomic mass is 10.2. The normalized spacial score (nSPS) is 12.1. The van der Waals surface area contributed by atoms with Gasteiger partial charge in [0.05, 0.1) is 4.90 Å². The zero-order valence-corrected chi connectivity index (χ0v) is 14.3. The monoisotopic (exact) mass is 382 g/mol. The molecule has 1 aromatic rings. The van der Waals surface area contributed by atoms with Gasteiger partial charge in [-0.2, -0.15) is 17.5 Å². The fourth-order valence-corrected chi connectivity index (χ4v) is 2.71. The Labute approximate surface area is 142 Å². The Bertz CT molecular complexity index is 717. The van der Waals surface area contributed by atoms with Gasteiger partial charge >= 0.3 is 12.1 Å². The topological polar surface area (TPSA) is 92.8 Å². The molecule has 1 amide bonds. The lowest BCUT2D eigenvalue weighted by Gasteiger charge is -2.16. The summed E-state index contributed by atoms with van der Waals surface area (Å²) in [6.07, 6.45) is -4.58. The van der Waals surface area contributed by atoms with Crippen LogP contribution in [0.2, 0.25) is 0 Å². The quantitative estimate of drug-likeness (QED) is 0.706. The van der Waals surface area contributed by atoms with Crippen molar-refractivity contribution in [3.63, 3.8) is 0 Å². The molecule has 11 heteroatoms. The number of carbonyl (C=O) groups excluding carboxylic acids is 2. The maximum absolute atomic E-state index is 12.2. The van der Waals surface area contributed by atoms with Crippen LogP contribution in [0.4, 0.5) is 13.2 Å². The largest absolute Gasteiger partial charge is 0.455 e. The number of sulfonamides is 1. The molecule has 0 aromatic heterocycles. The van der Waals surface area contributed by atoms with Gasteiger partial charge in [-0.15, -0.1) is 0 Å². The molecule has 0 fully saturated rings. The minimum atomic E-state index is -4.58. The van der Waals surface area contributed by atoms with Gasteiger partial charge in [-0.1, -0.05) is 17.7 Å². The Kier molecular flexibility index (Phi) is 6.94. The number of ether oxygens (including phenoxy) is 1. The maximum atomic E-state index is 12.2. The molecule has 0 saturated carbocycles. The summed E-state index contributed by atoms with van der Waals surface area (Å²) in [5.41, 5.74) is 0.853. The van der Waals surface area contributed by atoms with Crippen molar-refractivity contribution in [3.05, 3.63) is 29.8 Å². The summed E-state index contributed by atoms with van der Waals surface area (Å²) in [6, 6.07) is 5.92. The van der Waals surface area contributed by atoms with E-state index < -0.39 is 47.8 Å². The predicted octanol–water partition coefficient (Wildman–Crippen LogP) is 0.837. The SMILES string of the molecule is Cc1ccc(S(=O)(=O)N(C)CC(=O)OCC(=O)NCC(F)(F)F)cc1. The van der Waals surface area contributed by atoms with Crippen molar-refractivity contribution in [2.75, 3.05) is 26.7 Å². The van der Waals surface area contributed by atoms with E-state index in [0.29, 0.717) is 4.31 Å². The molecule has 0 aliphatic rings. The van der Waals surface area contributed by atoms with Gasteiger partial charge in [0.15, 0.2) is 6.61 Å². The Morgan fingerprint density at radius 2 is 1.76 bits per heavy atom. The van der Waals surface area contributed by atoms with Crippen molar-refractivity contribution in [2.24, 2.45) is 0 Å². The number of nitrogens with zero attached hydrogens (tertiary/aromatic N) is 1. The maximum Gasteiger partial charge on any atom is 0.405 e. The second kappa shape index (κ2) is 8.30. The number of amides is 1. The minimum Gasteiger partial charge on any atom is -0.455 e. The standard InChI is InChI=1S/C14H17F3N2O5S/c1-10-3-5-11(6-4-10)25(22,23)19(2)7-13(21)24-8-12(20)18-9-14(15,16)17/h3-6H,7-9H2,1-2H3,(H,18,20). The number of benzene rings is 1. The van der Waals surface area contributed by atoms with E-state index in [4.69, 9.17) is 0 Å². The van der Waals surface area contributed by atoms with Crippen molar-refractivity contribution in [1.82, 2.24) is 9.62 Å². The van der Waals surface area contributed by atoms with Gasteiger partial charge in [0.1, 0.15) is 13.1 Å². The van der Waals surface area contributed by atoms with E-state index in [-0.39, 0.29) is 4.90 Å². The molecule has 0 aliphatic carbocycles. The van der Waals surface area contributed by atoms with Crippen molar-refractivity contribution in [2.45, 2.75) is 18.0 Å². The van der Waals surface area contributed by atoms with Gasteiger partial charge in [-0.25, -0.2) is 8.42 Å². The molecule has 0 atom stereocenters. The highest BCUT2D eigenvalue weighted by molar-refractivity contribution is 7.89. The molecule has 1 rings (SSSR count). The Balaban J connectivity index is 2.53. The minimum absolute atomic E-state index is 0.0312. The van der Waals surface area contributed by atoms with Crippen LogP contribution in [0.3, 0.4) is 0 Å². The fraction of sp³-hybridized carbons (Fsp3) is 0.429. The van der Waals surface area contributed by atoms with E-state index in [9.17, 15) is 31.2 Å². The van der Waals surface area contributed by atoms with Gasteiger partial charge in [-0.3, -0.25) is 9.59 Å². The Morgan fingerprint density at radius 1 is 1.20 bits per heavy atom. The third-order valence-corrected chi connectivity index (χ3v) is 4.75. The van der Waals surface area contributed by atoms with Crippen LogP contribution in [0.1, 0.15) is 5.56 Å². The molecule has 0 heterocycles. The van der Waals surface area contributed by atoms with E-state index in [2.05, 4.69) is 4.74 Å². The smallest absolute Gasteiger partial charge is 0.405 e. The third-order valence-electron chi connectivity index (χ3n) is 2.93. The van der Waals surface area contributed by atoms with Crippen molar-refractivity contribution < 1.29 is 35.9 Å². The first-order valence-electron chi connectivity index (χ1n) is 6.94. The first-order valence-corrected chi connectivity index (χ1v) is 8.38. The van der Waals surface area contributed by atoms with Crippen molar-refractivity contribution >= 4 is 21.9 Å². The van der Waals surface area contributed by atoms with Crippen LogP contribution in [0.25, 0.3) is 0 Å². The third kappa shape index (κ3) is 7.10. The molecule has 1 aromatic carbocycles. The molecule has 0 saturated heterocycles. The zero-order chi connectivity index (χ0) is 19.3. The van der Waals surface area contributed by atoms with Crippen LogP contribution in [0.15, 0.2) is 29.2 Å². The summed E-state index contributed by atoms with van der Waals surface area (Å²) < 4.78 is 65.4. The molecule has 0 aliphatic heterocycles. The number of halogens is 3. The first kappa shape index (κ1) is 20.9. The highest BCUT2D eigenvalue weighted by Crippen LogP contribution is 2.15. The summed E-state index contributed by atoms with van der Waals surface area (Å²) in [5.74, 6) is -2.21. The van der Waals surface area contributed by atoms with Crippen molar-refractivity contribution in [3.8, 4) is 0 Å². The van der Waals surface area contributed by atoms with E-state index in [1.807, 2.05) is 0 Å². The lowest BCUT2D eigenvalue weighted by molar-refractivity contribution is -0.151.